The zero-order chi connectivity index (χ0) is 23.1. The summed E-state index contributed by atoms with van der Waals surface area (Å²) >= 11 is 1.49. The number of hydrogen-bond donors (Lipinski definition) is 1. The van der Waals surface area contributed by atoms with Gasteiger partial charge in [-0.15, -0.1) is 11.3 Å². The van der Waals surface area contributed by atoms with Gasteiger partial charge >= 0.3 is 0 Å². The summed E-state index contributed by atoms with van der Waals surface area (Å²) in [7, 11) is -5.63. The molecular weight excluding hydrogens is 472 g/mol. The van der Waals surface area contributed by atoms with E-state index < -0.39 is 19.9 Å². The molecule has 1 amide bonds. The normalized spacial score (nSPS) is 18.9. The van der Waals surface area contributed by atoms with Gasteiger partial charge in [0.05, 0.1) is 10.6 Å². The molecule has 3 heterocycles. The van der Waals surface area contributed by atoms with Gasteiger partial charge in [-0.05, 0) is 32.0 Å². The Morgan fingerprint density at radius 1 is 1.09 bits per heavy atom. The van der Waals surface area contributed by atoms with Crippen molar-refractivity contribution in [3.63, 3.8) is 0 Å². The predicted octanol–water partition coefficient (Wildman–Crippen LogP) is 1.57. The molecule has 1 fully saturated rings. The number of rotatable bonds is 5. The van der Waals surface area contributed by atoms with E-state index in [-0.39, 0.29) is 34.7 Å². The van der Waals surface area contributed by atoms with Gasteiger partial charge in [-0.25, -0.2) is 21.8 Å². The molecule has 0 atom stereocenters. The predicted molar refractivity (Wildman–Crippen MR) is 122 cm³/mol. The topological polar surface area (TPSA) is 117 Å². The maximum atomic E-state index is 13.1. The number of thiazole rings is 1. The summed E-state index contributed by atoms with van der Waals surface area (Å²) in [6.45, 7) is 2.07. The summed E-state index contributed by atoms with van der Waals surface area (Å²) in [4.78, 5) is 20.2. The van der Waals surface area contributed by atoms with Gasteiger partial charge in [0.15, 0.2) is 15.0 Å². The summed E-state index contributed by atoms with van der Waals surface area (Å²) in [6, 6.07) is 5.62. The lowest BCUT2D eigenvalue weighted by molar-refractivity contribution is -0.120. The van der Waals surface area contributed by atoms with Gasteiger partial charge < -0.3 is 10.2 Å². The van der Waals surface area contributed by atoms with E-state index in [0.717, 1.165) is 31.5 Å². The second-order valence-corrected chi connectivity index (χ2v) is 13.2. The number of nitrogens with one attached hydrogen (secondary N) is 1. The minimum absolute atomic E-state index is 0.150. The highest BCUT2D eigenvalue weighted by Gasteiger charge is 2.35. The Hall–Kier alpha value is -1.86. The maximum absolute atomic E-state index is 13.1. The fourth-order valence-corrected chi connectivity index (χ4v) is 8.21. The minimum Gasteiger partial charge on any atom is -0.302 e. The van der Waals surface area contributed by atoms with Crippen LogP contribution in [-0.2, 0) is 37.6 Å². The first-order valence-corrected chi connectivity index (χ1v) is 14.5. The standard InChI is InChI=1S/C20H26N4O5S3/c1-23-10-9-15-16(13-23)30-20(21-15)22-19(25)14-7-11-24(12-8-14)32(28,29)18-6-4-3-5-17(18)31(2,26)27/h3-6,14H,7-13H2,1-2H3,(H,21,22,25). The van der Waals surface area contributed by atoms with Crippen molar-refractivity contribution in [2.75, 3.05) is 38.3 Å². The lowest BCUT2D eigenvalue weighted by Gasteiger charge is -2.30. The van der Waals surface area contributed by atoms with Crippen LogP contribution in [0.15, 0.2) is 34.1 Å². The summed E-state index contributed by atoms with van der Waals surface area (Å²) < 4.78 is 51.6. The molecule has 4 rings (SSSR count). The Labute approximate surface area is 192 Å². The van der Waals surface area contributed by atoms with Crippen molar-refractivity contribution in [2.45, 2.75) is 35.6 Å². The van der Waals surface area contributed by atoms with Gasteiger partial charge in [-0.3, -0.25) is 4.79 Å². The molecular formula is C20H26N4O5S3. The first-order chi connectivity index (χ1) is 15.1. The molecule has 1 aromatic heterocycles. The van der Waals surface area contributed by atoms with Crippen LogP contribution in [0, 0.1) is 5.92 Å². The van der Waals surface area contributed by atoms with Crippen molar-refractivity contribution in [2.24, 2.45) is 5.92 Å². The Bertz CT molecular complexity index is 1230. The molecule has 9 nitrogen and oxygen atoms in total. The van der Waals surface area contributed by atoms with Crippen LogP contribution < -0.4 is 5.32 Å². The zero-order valence-electron chi connectivity index (χ0n) is 17.9. The molecule has 1 aromatic carbocycles. The lowest BCUT2D eigenvalue weighted by atomic mass is 9.97. The average Bonchev–Trinajstić information content (AvgIpc) is 3.14. The largest absolute Gasteiger partial charge is 0.302 e. The van der Waals surface area contributed by atoms with Crippen LogP contribution in [0.5, 0.6) is 0 Å². The average molecular weight is 499 g/mol. The monoisotopic (exact) mass is 498 g/mol. The third-order valence-corrected chi connectivity index (χ3v) is 10.1. The molecule has 32 heavy (non-hydrogen) atoms. The van der Waals surface area contributed by atoms with Crippen LogP contribution in [0.1, 0.15) is 23.4 Å². The van der Waals surface area contributed by atoms with Gasteiger partial charge in [0.2, 0.25) is 15.9 Å². The maximum Gasteiger partial charge on any atom is 0.244 e. The van der Waals surface area contributed by atoms with E-state index in [9.17, 15) is 21.6 Å². The first-order valence-electron chi connectivity index (χ1n) is 10.3. The fraction of sp³-hybridized carbons (Fsp3) is 0.500. The molecule has 0 radical (unpaired) electrons. The number of likely N-dealkylation sites (N-methyl/N-ethyl adjacent to an activating group) is 1. The Morgan fingerprint density at radius 2 is 1.75 bits per heavy atom. The van der Waals surface area contributed by atoms with E-state index >= 15 is 0 Å². The molecule has 0 saturated carbocycles. The van der Waals surface area contributed by atoms with Gasteiger partial charge in [-0.1, -0.05) is 12.1 Å². The summed E-state index contributed by atoms with van der Waals surface area (Å²) in [5, 5.41) is 3.49. The summed E-state index contributed by atoms with van der Waals surface area (Å²) in [5.74, 6) is -0.478. The number of benzene rings is 1. The zero-order valence-corrected chi connectivity index (χ0v) is 20.4. The molecule has 0 bridgehead atoms. The number of nitrogens with zero attached hydrogens (tertiary/aromatic N) is 3. The second kappa shape index (κ2) is 8.82. The van der Waals surface area contributed by atoms with Crippen LogP contribution in [0.25, 0.3) is 0 Å². The van der Waals surface area contributed by atoms with Crippen molar-refractivity contribution < 1.29 is 21.6 Å². The number of sulfonamides is 1. The third kappa shape index (κ3) is 4.74. The highest BCUT2D eigenvalue weighted by atomic mass is 32.2. The van der Waals surface area contributed by atoms with Crippen LogP contribution in [0.4, 0.5) is 5.13 Å². The van der Waals surface area contributed by atoms with Gasteiger partial charge in [0.25, 0.3) is 0 Å². The van der Waals surface area contributed by atoms with Crippen molar-refractivity contribution in [3.05, 3.63) is 34.8 Å². The van der Waals surface area contributed by atoms with E-state index in [2.05, 4.69) is 22.2 Å². The van der Waals surface area contributed by atoms with Crippen LogP contribution >= 0.6 is 11.3 Å². The van der Waals surface area contributed by atoms with Gasteiger partial charge in [0.1, 0.15) is 4.90 Å². The third-order valence-electron chi connectivity index (χ3n) is 5.84. The molecule has 2 aliphatic rings. The van der Waals surface area contributed by atoms with Crippen LogP contribution in [0.2, 0.25) is 0 Å². The van der Waals surface area contributed by atoms with Crippen LogP contribution in [-0.4, -0.2) is 69.9 Å². The number of carbonyl (C=O) groups excluding carboxylic acids is 1. The molecule has 0 spiro atoms. The molecule has 2 aliphatic heterocycles. The lowest BCUT2D eigenvalue weighted by Crippen LogP contribution is -2.41. The summed E-state index contributed by atoms with van der Waals surface area (Å²) in [5.41, 5.74) is 1.04. The van der Waals surface area contributed by atoms with Crippen LogP contribution in [0.3, 0.4) is 0 Å². The summed E-state index contributed by atoms with van der Waals surface area (Å²) in [6.07, 6.45) is 2.58. The number of sulfone groups is 1. The van der Waals surface area contributed by atoms with Crippen molar-refractivity contribution in [1.82, 2.24) is 14.2 Å². The number of carbonyl (C=O) groups is 1. The van der Waals surface area contributed by atoms with E-state index in [1.165, 1.54) is 44.8 Å². The second-order valence-electron chi connectivity index (χ2n) is 8.26. The number of anilines is 1. The Kier molecular flexibility index (Phi) is 6.43. The molecule has 0 aliphatic carbocycles. The quantitative estimate of drug-likeness (QED) is 0.665. The highest BCUT2D eigenvalue weighted by Crippen LogP contribution is 2.30. The van der Waals surface area contributed by atoms with E-state index in [4.69, 9.17) is 0 Å². The van der Waals surface area contributed by atoms with Crippen molar-refractivity contribution in [3.8, 4) is 0 Å². The van der Waals surface area contributed by atoms with Gasteiger partial charge in [0, 0.05) is 49.7 Å². The molecule has 174 valence electrons. The number of aromatic nitrogens is 1. The Morgan fingerprint density at radius 3 is 2.41 bits per heavy atom. The Balaban J connectivity index is 1.42. The molecule has 0 unspecified atom stereocenters. The molecule has 12 heteroatoms. The van der Waals surface area contributed by atoms with E-state index in [1.807, 2.05) is 0 Å². The fourth-order valence-electron chi connectivity index (χ4n) is 4.05. The highest BCUT2D eigenvalue weighted by molar-refractivity contribution is 7.93. The first kappa shape index (κ1) is 23.3. The number of hydrogen-bond acceptors (Lipinski definition) is 8. The molecule has 1 saturated heterocycles. The molecule has 1 N–H and O–H groups in total. The SMILES string of the molecule is CN1CCc2nc(NC(=O)C3CCN(S(=O)(=O)c4ccccc4S(C)(=O)=O)CC3)sc2C1. The smallest absolute Gasteiger partial charge is 0.244 e. The van der Waals surface area contributed by atoms with Crippen molar-refractivity contribution in [1.29, 1.82) is 0 Å². The van der Waals surface area contributed by atoms with E-state index in [0.29, 0.717) is 18.0 Å². The molecule has 2 aromatic rings. The number of piperidine rings is 1. The van der Waals surface area contributed by atoms with E-state index in [1.54, 1.807) is 0 Å². The number of fused-ring (bicyclic) bond motifs is 1. The van der Waals surface area contributed by atoms with Crippen molar-refractivity contribution >= 4 is 42.2 Å². The minimum atomic E-state index is -3.98. The van der Waals surface area contributed by atoms with Gasteiger partial charge in [-0.2, -0.15) is 4.31 Å². The number of amides is 1.